The molecule has 7 nitrogen and oxygen atoms in total. The zero-order valence-electron chi connectivity index (χ0n) is 18.3. The van der Waals surface area contributed by atoms with Crippen LogP contribution in [0.2, 0.25) is 5.02 Å². The van der Waals surface area contributed by atoms with Gasteiger partial charge in [0.2, 0.25) is 0 Å². The zero-order valence-corrected chi connectivity index (χ0v) is 19.9. The molecule has 9 heteroatoms. The molecule has 0 unspecified atom stereocenters. The van der Waals surface area contributed by atoms with Gasteiger partial charge < -0.3 is 9.88 Å². The highest BCUT2D eigenvalue weighted by molar-refractivity contribution is 7.89. The van der Waals surface area contributed by atoms with E-state index < -0.39 is 10.0 Å². The molecule has 1 N–H and O–H groups in total. The van der Waals surface area contributed by atoms with Crippen molar-refractivity contribution in [2.75, 3.05) is 26.2 Å². The molecule has 3 heterocycles. The summed E-state index contributed by atoms with van der Waals surface area (Å²) in [6, 6.07) is 18.1. The van der Waals surface area contributed by atoms with Crippen LogP contribution in [0.25, 0.3) is 22.0 Å². The maximum atomic E-state index is 13.3. The number of H-pyrrole nitrogens is 1. The number of pyridine rings is 1. The lowest BCUT2D eigenvalue weighted by molar-refractivity contribution is 0.0764. The summed E-state index contributed by atoms with van der Waals surface area (Å²) in [5, 5.41) is 1.43. The van der Waals surface area contributed by atoms with Crippen LogP contribution in [0.5, 0.6) is 0 Å². The smallest absolute Gasteiger partial charge is 0.258 e. The van der Waals surface area contributed by atoms with Crippen LogP contribution >= 0.6 is 11.6 Å². The quantitative estimate of drug-likeness (QED) is 0.455. The van der Waals surface area contributed by atoms with Crippen LogP contribution in [0, 0.1) is 0 Å². The predicted octanol–water partition coefficient (Wildman–Crippen LogP) is 4.42. The highest BCUT2D eigenvalue weighted by atomic mass is 35.5. The van der Waals surface area contributed by atoms with Gasteiger partial charge in [-0.05, 0) is 66.1 Å². The van der Waals surface area contributed by atoms with Gasteiger partial charge in [-0.25, -0.2) is 8.42 Å². The minimum Gasteiger partial charge on any atom is -0.345 e. The zero-order chi connectivity index (χ0) is 23.7. The van der Waals surface area contributed by atoms with Crippen LogP contribution in [-0.2, 0) is 10.0 Å². The van der Waals surface area contributed by atoms with E-state index in [1.54, 1.807) is 41.6 Å². The second-order valence-electron chi connectivity index (χ2n) is 8.23. The third kappa shape index (κ3) is 4.44. The summed E-state index contributed by atoms with van der Waals surface area (Å²) in [5.41, 5.74) is 3.34. The number of halogens is 1. The van der Waals surface area contributed by atoms with E-state index in [0.717, 1.165) is 16.5 Å². The fourth-order valence-electron chi connectivity index (χ4n) is 4.22. The van der Waals surface area contributed by atoms with Gasteiger partial charge in [0.25, 0.3) is 15.9 Å². The Morgan fingerprint density at radius 1 is 0.882 bits per heavy atom. The van der Waals surface area contributed by atoms with E-state index in [-0.39, 0.29) is 17.5 Å². The summed E-state index contributed by atoms with van der Waals surface area (Å²) in [5.74, 6) is -0.0965. The summed E-state index contributed by atoms with van der Waals surface area (Å²) in [4.78, 5) is 21.8. The molecule has 1 saturated heterocycles. The summed E-state index contributed by atoms with van der Waals surface area (Å²) < 4.78 is 28.0. The number of hydrogen-bond donors (Lipinski definition) is 1. The molecule has 0 spiro atoms. The molecule has 5 rings (SSSR count). The van der Waals surface area contributed by atoms with E-state index in [0.29, 0.717) is 42.2 Å². The Balaban J connectivity index is 1.29. The van der Waals surface area contributed by atoms with E-state index in [1.807, 2.05) is 36.4 Å². The number of rotatable bonds is 4. The molecule has 174 valence electrons. The number of nitrogens with one attached hydrogen (secondary N) is 1. The summed E-state index contributed by atoms with van der Waals surface area (Å²) in [6.07, 6.45) is 4.03. The van der Waals surface area contributed by atoms with Gasteiger partial charge in [-0.2, -0.15) is 4.31 Å². The predicted molar refractivity (Wildman–Crippen MR) is 132 cm³/mol. The Morgan fingerprint density at radius 2 is 1.62 bits per heavy atom. The fourth-order valence-corrected chi connectivity index (χ4v) is 5.89. The molecular weight excluding hydrogens is 472 g/mol. The molecule has 1 fully saturated rings. The van der Waals surface area contributed by atoms with Gasteiger partial charge in [-0.3, -0.25) is 9.78 Å². The van der Waals surface area contributed by atoms with Crippen LogP contribution in [-0.4, -0.2) is 59.7 Å². The van der Waals surface area contributed by atoms with Crippen molar-refractivity contribution in [2.24, 2.45) is 0 Å². The molecule has 34 heavy (non-hydrogen) atoms. The number of nitrogens with zero attached hydrogens (tertiary/aromatic N) is 3. The average Bonchev–Trinajstić information content (AvgIpc) is 3.12. The molecule has 2 aromatic carbocycles. The minimum absolute atomic E-state index is 0.0965. The second-order valence-corrected chi connectivity index (χ2v) is 10.6. The third-order valence-corrected chi connectivity index (χ3v) is 8.12. The molecule has 1 aliphatic heterocycles. The van der Waals surface area contributed by atoms with Gasteiger partial charge in [-0.15, -0.1) is 0 Å². The van der Waals surface area contributed by atoms with Crippen molar-refractivity contribution in [1.82, 2.24) is 19.2 Å². The SMILES string of the molecule is O=C(c1ccc(-c2ccncc2)cc1)N1CCCN(S(=O)(=O)c2cc3cc(Cl)ccc3[nH]2)CC1. The molecule has 0 bridgehead atoms. The highest BCUT2D eigenvalue weighted by Crippen LogP contribution is 2.25. The van der Waals surface area contributed by atoms with Gasteiger partial charge in [0.1, 0.15) is 5.03 Å². The standard InChI is InChI=1S/C25H23ClN4O3S/c26-22-6-7-23-21(16-22)17-24(28-23)34(32,33)30-13-1-12-29(14-15-30)25(31)20-4-2-18(3-5-20)19-8-10-27-11-9-19/h2-11,16-17,28H,1,12-15H2. The number of carbonyl (C=O) groups is 1. The fraction of sp³-hybridized carbons (Fsp3) is 0.200. The number of benzene rings is 2. The van der Waals surface area contributed by atoms with E-state index in [9.17, 15) is 13.2 Å². The third-order valence-electron chi connectivity index (χ3n) is 6.06. The molecule has 0 saturated carbocycles. The number of amides is 1. The summed E-state index contributed by atoms with van der Waals surface area (Å²) in [7, 11) is -3.72. The lowest BCUT2D eigenvalue weighted by atomic mass is 10.0. The summed E-state index contributed by atoms with van der Waals surface area (Å²) in [6.45, 7) is 1.41. The van der Waals surface area contributed by atoms with E-state index in [1.165, 1.54) is 4.31 Å². The molecule has 2 aromatic heterocycles. The molecule has 0 radical (unpaired) electrons. The lowest BCUT2D eigenvalue weighted by Gasteiger charge is -2.21. The topological polar surface area (TPSA) is 86.4 Å². The first-order valence-corrected chi connectivity index (χ1v) is 12.8. The van der Waals surface area contributed by atoms with Crippen LogP contribution in [0.15, 0.2) is 78.1 Å². The van der Waals surface area contributed by atoms with Crippen LogP contribution in [0.3, 0.4) is 0 Å². The largest absolute Gasteiger partial charge is 0.345 e. The van der Waals surface area contributed by atoms with Gasteiger partial charge >= 0.3 is 0 Å². The molecular formula is C25H23ClN4O3S. The van der Waals surface area contributed by atoms with Crippen LogP contribution in [0.4, 0.5) is 0 Å². The van der Waals surface area contributed by atoms with Crippen molar-refractivity contribution < 1.29 is 13.2 Å². The van der Waals surface area contributed by atoms with E-state index >= 15 is 0 Å². The normalized spacial score (nSPS) is 15.4. The summed E-state index contributed by atoms with van der Waals surface area (Å²) >= 11 is 6.03. The number of hydrogen-bond acceptors (Lipinski definition) is 4. The Kier molecular flexibility index (Phi) is 6.12. The first-order chi connectivity index (χ1) is 16.4. The first kappa shape index (κ1) is 22.6. The van der Waals surface area contributed by atoms with Gasteiger partial charge in [0, 0.05) is 60.1 Å². The number of sulfonamides is 1. The van der Waals surface area contributed by atoms with Gasteiger partial charge in [0.15, 0.2) is 0 Å². The number of aromatic nitrogens is 2. The van der Waals surface area contributed by atoms with Crippen molar-refractivity contribution in [3.63, 3.8) is 0 Å². The van der Waals surface area contributed by atoms with Crippen molar-refractivity contribution in [3.8, 4) is 11.1 Å². The Hall–Kier alpha value is -3.20. The van der Waals surface area contributed by atoms with Crippen molar-refractivity contribution in [1.29, 1.82) is 0 Å². The number of carbonyl (C=O) groups excluding carboxylic acids is 1. The second kappa shape index (κ2) is 9.21. The Labute approximate surface area is 203 Å². The first-order valence-electron chi connectivity index (χ1n) is 11.0. The average molecular weight is 495 g/mol. The lowest BCUT2D eigenvalue weighted by Crippen LogP contribution is -2.37. The highest BCUT2D eigenvalue weighted by Gasteiger charge is 2.29. The van der Waals surface area contributed by atoms with Crippen LogP contribution < -0.4 is 0 Å². The van der Waals surface area contributed by atoms with E-state index in [4.69, 9.17) is 11.6 Å². The van der Waals surface area contributed by atoms with Crippen molar-refractivity contribution in [2.45, 2.75) is 11.4 Å². The maximum absolute atomic E-state index is 13.3. The molecule has 0 atom stereocenters. The molecule has 1 amide bonds. The van der Waals surface area contributed by atoms with Crippen LogP contribution in [0.1, 0.15) is 16.8 Å². The number of fused-ring (bicyclic) bond motifs is 1. The molecule has 0 aliphatic carbocycles. The van der Waals surface area contributed by atoms with Gasteiger partial charge in [-0.1, -0.05) is 23.7 Å². The molecule has 4 aromatic rings. The number of aromatic amines is 1. The Bertz CT molecular complexity index is 1440. The molecule has 1 aliphatic rings. The Morgan fingerprint density at radius 3 is 2.38 bits per heavy atom. The van der Waals surface area contributed by atoms with Gasteiger partial charge in [0.05, 0.1) is 0 Å². The monoisotopic (exact) mass is 494 g/mol. The maximum Gasteiger partial charge on any atom is 0.258 e. The van der Waals surface area contributed by atoms with Crippen molar-refractivity contribution >= 4 is 38.4 Å². The minimum atomic E-state index is -3.72. The van der Waals surface area contributed by atoms with Crippen molar-refractivity contribution in [3.05, 3.63) is 83.6 Å². The van der Waals surface area contributed by atoms with E-state index in [2.05, 4.69) is 9.97 Å².